The van der Waals surface area contributed by atoms with Crippen molar-refractivity contribution in [2.75, 3.05) is 45.0 Å². The molecule has 0 heterocycles. The molecule has 0 saturated heterocycles. The second-order valence-electron chi connectivity index (χ2n) is 5.84. The summed E-state index contributed by atoms with van der Waals surface area (Å²) in [5.74, 6) is 1.69. The molecular formula is C20H29N3O2S. The van der Waals surface area contributed by atoms with Crippen LogP contribution in [0.2, 0.25) is 0 Å². The Morgan fingerprint density at radius 2 is 1.08 bits per heavy atom. The third-order valence-electron chi connectivity index (χ3n) is 2.85. The van der Waals surface area contributed by atoms with E-state index >= 15 is 0 Å². The molecule has 2 aromatic carbocycles. The Labute approximate surface area is 162 Å². The molecule has 142 valence electrons. The van der Waals surface area contributed by atoms with Crippen molar-refractivity contribution in [2.24, 2.45) is 0 Å². The summed E-state index contributed by atoms with van der Waals surface area (Å²) in [7, 11) is 6.00. The first-order valence-electron chi connectivity index (χ1n) is 8.59. The van der Waals surface area contributed by atoms with Crippen molar-refractivity contribution in [1.82, 2.24) is 4.90 Å². The summed E-state index contributed by atoms with van der Waals surface area (Å²) in [4.78, 5) is 2.00. The number of hydrogen-bond donors (Lipinski definition) is 2. The van der Waals surface area contributed by atoms with Crippen molar-refractivity contribution < 1.29 is 9.47 Å². The van der Waals surface area contributed by atoms with Gasteiger partial charge < -0.3 is 25.0 Å². The maximum atomic E-state index is 5.40. The summed E-state index contributed by atoms with van der Waals surface area (Å²) in [6.07, 6.45) is 0. The lowest BCUT2D eigenvalue weighted by molar-refractivity contribution is 0.340. The van der Waals surface area contributed by atoms with Gasteiger partial charge in [-0.25, -0.2) is 0 Å². The zero-order valence-electron chi connectivity index (χ0n) is 16.2. The topological polar surface area (TPSA) is 45.8 Å². The summed E-state index contributed by atoms with van der Waals surface area (Å²) < 4.78 is 10.8. The van der Waals surface area contributed by atoms with Crippen LogP contribution in [-0.4, -0.2) is 44.4 Å². The van der Waals surface area contributed by atoms with Crippen LogP contribution in [0.4, 0.5) is 11.4 Å². The molecule has 0 atom stereocenters. The average molecular weight is 376 g/mol. The average Bonchev–Trinajstić information content (AvgIpc) is 2.58. The van der Waals surface area contributed by atoms with Crippen molar-refractivity contribution in [2.45, 2.75) is 13.8 Å². The molecule has 0 aliphatic carbocycles. The molecule has 2 aromatic rings. The van der Waals surface area contributed by atoms with Gasteiger partial charge in [-0.3, -0.25) is 0 Å². The predicted octanol–water partition coefficient (Wildman–Crippen LogP) is 4.47. The van der Waals surface area contributed by atoms with E-state index in [2.05, 4.69) is 10.6 Å². The molecule has 0 spiro atoms. The minimum atomic E-state index is 0.535. The van der Waals surface area contributed by atoms with Gasteiger partial charge in [-0.05, 0) is 95.7 Å². The first kappa shape index (κ1) is 21.7. The molecule has 2 rings (SSSR count). The summed E-state index contributed by atoms with van der Waals surface area (Å²) in [5.41, 5.74) is 1.82. The second-order valence-corrected chi connectivity index (χ2v) is 6.24. The third kappa shape index (κ3) is 9.25. The minimum absolute atomic E-state index is 0.535. The Balaban J connectivity index is 0.000000765. The zero-order valence-corrected chi connectivity index (χ0v) is 17.0. The van der Waals surface area contributed by atoms with Crippen LogP contribution >= 0.6 is 12.2 Å². The zero-order chi connectivity index (χ0) is 19.4. The van der Waals surface area contributed by atoms with Gasteiger partial charge in [-0.2, -0.15) is 0 Å². The van der Waals surface area contributed by atoms with Crippen molar-refractivity contribution >= 4 is 28.7 Å². The molecule has 0 aromatic heterocycles. The van der Waals surface area contributed by atoms with Crippen LogP contribution in [-0.2, 0) is 0 Å². The molecule has 0 fully saturated rings. The van der Waals surface area contributed by atoms with E-state index in [-0.39, 0.29) is 0 Å². The van der Waals surface area contributed by atoms with E-state index in [9.17, 15) is 0 Å². The van der Waals surface area contributed by atoms with Crippen molar-refractivity contribution in [3.05, 3.63) is 48.5 Å². The molecule has 0 radical (unpaired) electrons. The highest BCUT2D eigenvalue weighted by molar-refractivity contribution is 7.80. The van der Waals surface area contributed by atoms with Gasteiger partial charge in [0, 0.05) is 11.4 Å². The Bertz CT molecular complexity index is 587. The molecule has 0 amide bonds. The molecule has 0 bridgehead atoms. The van der Waals surface area contributed by atoms with Gasteiger partial charge in [0.1, 0.15) is 11.5 Å². The van der Waals surface area contributed by atoms with Crippen molar-refractivity contribution in [1.29, 1.82) is 0 Å². The lowest BCUT2D eigenvalue weighted by atomic mass is 10.3. The highest BCUT2D eigenvalue weighted by atomic mass is 32.1. The fraction of sp³-hybridized carbons (Fsp3) is 0.350. The lowest BCUT2D eigenvalue weighted by Gasteiger charge is -2.12. The van der Waals surface area contributed by atoms with Crippen LogP contribution in [0.15, 0.2) is 48.5 Å². The summed E-state index contributed by atoms with van der Waals surface area (Å²) in [6, 6.07) is 15.3. The predicted molar refractivity (Wildman–Crippen MR) is 115 cm³/mol. The molecule has 0 unspecified atom stereocenters. The number of nitrogens with zero attached hydrogens (tertiary/aromatic N) is 1. The Morgan fingerprint density at radius 1 is 0.769 bits per heavy atom. The fourth-order valence-electron chi connectivity index (χ4n) is 1.90. The first-order chi connectivity index (χ1) is 12.4. The lowest BCUT2D eigenvalue weighted by Crippen LogP contribution is -2.18. The highest BCUT2D eigenvalue weighted by Crippen LogP contribution is 2.18. The number of rotatable bonds is 6. The first-order valence-corrected chi connectivity index (χ1v) is 9.00. The molecule has 0 aliphatic rings. The monoisotopic (exact) mass is 375 g/mol. The molecule has 0 aliphatic heterocycles. The summed E-state index contributed by atoms with van der Waals surface area (Å²) in [5, 5.41) is 6.80. The van der Waals surface area contributed by atoms with Gasteiger partial charge in [0.05, 0.1) is 13.2 Å². The quantitative estimate of drug-likeness (QED) is 0.727. The van der Waals surface area contributed by atoms with Gasteiger partial charge in [-0.15, -0.1) is 0 Å². The standard InChI is InChI=1S/C17H20N2O2S.C3H9N/c1-3-20-15-9-5-13(6-10-15)18-17(22)19-14-7-11-16(12-8-14)21-4-2;1-4(2)3/h5-12H,3-4H2,1-2H3,(H2,18,19,22);1-3H3. The van der Waals surface area contributed by atoms with E-state index in [1.165, 1.54) is 0 Å². The largest absolute Gasteiger partial charge is 0.494 e. The van der Waals surface area contributed by atoms with Gasteiger partial charge >= 0.3 is 0 Å². The number of anilines is 2. The van der Waals surface area contributed by atoms with Crippen molar-refractivity contribution in [3.8, 4) is 11.5 Å². The fourth-order valence-corrected chi connectivity index (χ4v) is 2.13. The minimum Gasteiger partial charge on any atom is -0.494 e. The number of nitrogens with one attached hydrogen (secondary N) is 2. The maximum absolute atomic E-state index is 5.40. The van der Waals surface area contributed by atoms with Gasteiger partial charge in [-0.1, -0.05) is 0 Å². The van der Waals surface area contributed by atoms with E-state index < -0.39 is 0 Å². The van der Waals surface area contributed by atoms with Crippen LogP contribution in [0, 0.1) is 0 Å². The van der Waals surface area contributed by atoms with Crippen LogP contribution in [0.3, 0.4) is 0 Å². The van der Waals surface area contributed by atoms with E-state index in [0.29, 0.717) is 18.3 Å². The SMILES string of the molecule is CCOc1ccc(NC(=S)Nc2ccc(OCC)cc2)cc1.CN(C)C. The third-order valence-corrected chi connectivity index (χ3v) is 3.05. The van der Waals surface area contributed by atoms with Gasteiger partial charge in [0.2, 0.25) is 0 Å². The van der Waals surface area contributed by atoms with E-state index in [1.807, 2.05) is 88.4 Å². The van der Waals surface area contributed by atoms with Crippen LogP contribution in [0.25, 0.3) is 0 Å². The second kappa shape index (κ2) is 12.1. The van der Waals surface area contributed by atoms with E-state index in [4.69, 9.17) is 21.7 Å². The van der Waals surface area contributed by atoms with Gasteiger partial charge in [0.15, 0.2) is 5.11 Å². The summed E-state index contributed by atoms with van der Waals surface area (Å²) in [6.45, 7) is 5.24. The maximum Gasteiger partial charge on any atom is 0.175 e. The number of thiocarbonyl (C=S) groups is 1. The van der Waals surface area contributed by atoms with E-state index in [0.717, 1.165) is 22.9 Å². The molecule has 2 N–H and O–H groups in total. The molecule has 5 nitrogen and oxygen atoms in total. The Morgan fingerprint density at radius 3 is 1.35 bits per heavy atom. The smallest absolute Gasteiger partial charge is 0.175 e. The van der Waals surface area contributed by atoms with Crippen molar-refractivity contribution in [3.63, 3.8) is 0 Å². The number of hydrogen-bond acceptors (Lipinski definition) is 4. The number of ether oxygens (including phenoxy) is 2. The van der Waals surface area contributed by atoms with Crippen LogP contribution in [0.5, 0.6) is 11.5 Å². The molecule has 6 heteroatoms. The van der Waals surface area contributed by atoms with Gasteiger partial charge in [0.25, 0.3) is 0 Å². The normalized spacial score (nSPS) is 9.77. The molecular weight excluding hydrogens is 346 g/mol. The highest BCUT2D eigenvalue weighted by Gasteiger charge is 2.00. The Hall–Kier alpha value is -2.31. The number of benzene rings is 2. The van der Waals surface area contributed by atoms with E-state index in [1.54, 1.807) is 0 Å². The van der Waals surface area contributed by atoms with Crippen LogP contribution < -0.4 is 20.1 Å². The summed E-state index contributed by atoms with van der Waals surface area (Å²) >= 11 is 5.30. The van der Waals surface area contributed by atoms with Crippen LogP contribution in [0.1, 0.15) is 13.8 Å². The Kier molecular flexibility index (Phi) is 10.1. The molecule has 26 heavy (non-hydrogen) atoms. The molecule has 0 saturated carbocycles.